The second-order valence-corrected chi connectivity index (χ2v) is 6.09. The zero-order valence-corrected chi connectivity index (χ0v) is 12.1. The molecule has 0 aromatic heterocycles. The van der Waals surface area contributed by atoms with Gasteiger partial charge in [0.25, 0.3) is 0 Å². The lowest BCUT2D eigenvalue weighted by molar-refractivity contribution is -0.139. The van der Waals surface area contributed by atoms with Crippen molar-refractivity contribution in [1.29, 1.82) is 0 Å². The van der Waals surface area contributed by atoms with E-state index in [1.165, 1.54) is 12.8 Å². The molecule has 2 rings (SSSR count). The molecule has 1 aliphatic heterocycles. The molecule has 0 aromatic rings. The van der Waals surface area contributed by atoms with Gasteiger partial charge in [-0.2, -0.15) is 0 Å². The molecule has 4 nitrogen and oxygen atoms in total. The summed E-state index contributed by atoms with van der Waals surface area (Å²) in [7, 11) is 1.98. The molecule has 1 aliphatic carbocycles. The number of nitrogens with zero attached hydrogens (tertiary/aromatic N) is 1. The number of nitrogens with two attached hydrogens (primary N) is 1. The number of hydrogen-bond acceptors (Lipinski definition) is 3. The van der Waals surface area contributed by atoms with E-state index in [0.717, 1.165) is 57.8 Å². The summed E-state index contributed by atoms with van der Waals surface area (Å²) in [5.41, 5.74) is 5.61. The SMILES string of the molecule is CN(C(=O)C1CCC(CCN)CC1)C1CCOCC1. The predicted molar refractivity (Wildman–Crippen MR) is 75.7 cm³/mol. The van der Waals surface area contributed by atoms with Crippen LogP contribution in [0.2, 0.25) is 0 Å². The average Bonchev–Trinajstić information content (AvgIpc) is 2.48. The summed E-state index contributed by atoms with van der Waals surface area (Å²) in [5, 5.41) is 0. The molecule has 1 amide bonds. The smallest absolute Gasteiger partial charge is 0.225 e. The fourth-order valence-electron chi connectivity index (χ4n) is 3.47. The standard InChI is InChI=1S/C15H28N2O2/c1-17(14-7-10-19-11-8-14)15(18)13-4-2-12(3-5-13)6-9-16/h12-14H,2-11,16H2,1H3. The Morgan fingerprint density at radius 1 is 1.16 bits per heavy atom. The van der Waals surface area contributed by atoms with Crippen molar-refractivity contribution >= 4 is 5.91 Å². The third-order valence-electron chi connectivity index (χ3n) is 4.86. The average molecular weight is 268 g/mol. The van der Waals surface area contributed by atoms with E-state index in [1.807, 2.05) is 11.9 Å². The molecule has 0 spiro atoms. The summed E-state index contributed by atoms with van der Waals surface area (Å²) in [4.78, 5) is 14.5. The molecule has 2 fully saturated rings. The van der Waals surface area contributed by atoms with Gasteiger partial charge in [0.2, 0.25) is 5.91 Å². The van der Waals surface area contributed by atoms with Gasteiger partial charge in [0.05, 0.1) is 0 Å². The van der Waals surface area contributed by atoms with Crippen LogP contribution in [-0.2, 0) is 9.53 Å². The molecule has 1 heterocycles. The highest BCUT2D eigenvalue weighted by atomic mass is 16.5. The van der Waals surface area contributed by atoms with Gasteiger partial charge in [0.1, 0.15) is 0 Å². The van der Waals surface area contributed by atoms with E-state index in [9.17, 15) is 4.79 Å². The minimum atomic E-state index is 0.252. The van der Waals surface area contributed by atoms with E-state index in [4.69, 9.17) is 10.5 Å². The van der Waals surface area contributed by atoms with Gasteiger partial charge in [0, 0.05) is 32.2 Å². The van der Waals surface area contributed by atoms with Crippen LogP contribution < -0.4 is 5.73 Å². The molecule has 0 aromatic carbocycles. The minimum absolute atomic E-state index is 0.252. The second kappa shape index (κ2) is 7.25. The van der Waals surface area contributed by atoms with Gasteiger partial charge < -0.3 is 15.4 Å². The van der Waals surface area contributed by atoms with Crippen LogP contribution in [0.1, 0.15) is 44.9 Å². The molecule has 0 unspecified atom stereocenters. The van der Waals surface area contributed by atoms with Crippen molar-refractivity contribution in [3.8, 4) is 0 Å². The van der Waals surface area contributed by atoms with Crippen LogP contribution in [0.25, 0.3) is 0 Å². The Hall–Kier alpha value is -0.610. The summed E-state index contributed by atoms with van der Waals surface area (Å²) in [6.07, 6.45) is 7.56. The number of amides is 1. The second-order valence-electron chi connectivity index (χ2n) is 6.09. The lowest BCUT2D eigenvalue weighted by atomic mass is 9.80. The molecular weight excluding hydrogens is 240 g/mol. The molecule has 0 bridgehead atoms. The zero-order chi connectivity index (χ0) is 13.7. The number of hydrogen-bond donors (Lipinski definition) is 1. The van der Waals surface area contributed by atoms with E-state index in [0.29, 0.717) is 11.9 Å². The van der Waals surface area contributed by atoms with Gasteiger partial charge in [0.15, 0.2) is 0 Å². The van der Waals surface area contributed by atoms with Crippen LogP contribution in [0, 0.1) is 11.8 Å². The molecule has 2 N–H and O–H groups in total. The van der Waals surface area contributed by atoms with Crippen LogP contribution in [-0.4, -0.2) is 43.7 Å². The first-order valence-corrected chi connectivity index (χ1v) is 7.77. The Morgan fingerprint density at radius 3 is 2.37 bits per heavy atom. The largest absolute Gasteiger partial charge is 0.381 e. The van der Waals surface area contributed by atoms with Crippen LogP contribution in [0.3, 0.4) is 0 Å². The van der Waals surface area contributed by atoms with E-state index < -0.39 is 0 Å². The Morgan fingerprint density at radius 2 is 1.79 bits per heavy atom. The Labute approximate surface area is 116 Å². The van der Waals surface area contributed by atoms with Crippen molar-refractivity contribution in [2.75, 3.05) is 26.8 Å². The van der Waals surface area contributed by atoms with Gasteiger partial charge in [-0.1, -0.05) is 0 Å². The first-order valence-electron chi connectivity index (χ1n) is 7.77. The maximum Gasteiger partial charge on any atom is 0.225 e. The number of rotatable bonds is 4. The van der Waals surface area contributed by atoms with Crippen molar-refractivity contribution < 1.29 is 9.53 Å². The highest BCUT2D eigenvalue weighted by Crippen LogP contribution is 2.32. The quantitative estimate of drug-likeness (QED) is 0.845. The Kier molecular flexibility index (Phi) is 5.64. The van der Waals surface area contributed by atoms with Crippen molar-refractivity contribution in [2.45, 2.75) is 51.0 Å². The fourth-order valence-corrected chi connectivity index (χ4v) is 3.47. The number of ether oxygens (including phenoxy) is 1. The molecule has 0 radical (unpaired) electrons. The van der Waals surface area contributed by atoms with Crippen LogP contribution in [0.4, 0.5) is 0 Å². The summed E-state index contributed by atoms with van der Waals surface area (Å²) >= 11 is 0. The number of carbonyl (C=O) groups excluding carboxylic acids is 1. The van der Waals surface area contributed by atoms with Gasteiger partial charge in [-0.05, 0) is 57.4 Å². The van der Waals surface area contributed by atoms with E-state index in [-0.39, 0.29) is 5.92 Å². The molecule has 110 valence electrons. The Bertz CT molecular complexity index is 282. The third-order valence-corrected chi connectivity index (χ3v) is 4.86. The fraction of sp³-hybridized carbons (Fsp3) is 0.933. The van der Waals surface area contributed by atoms with Gasteiger partial charge in [-0.25, -0.2) is 0 Å². The topological polar surface area (TPSA) is 55.6 Å². The van der Waals surface area contributed by atoms with Gasteiger partial charge in [-0.15, -0.1) is 0 Å². The lowest BCUT2D eigenvalue weighted by Gasteiger charge is -2.36. The highest BCUT2D eigenvalue weighted by molar-refractivity contribution is 5.79. The molecule has 0 atom stereocenters. The molecule has 4 heteroatoms. The summed E-state index contributed by atoms with van der Waals surface area (Å²) < 4.78 is 5.37. The van der Waals surface area contributed by atoms with Crippen LogP contribution in [0.5, 0.6) is 0 Å². The highest BCUT2D eigenvalue weighted by Gasteiger charge is 2.31. The Balaban J connectivity index is 1.79. The third kappa shape index (κ3) is 3.93. The van der Waals surface area contributed by atoms with Crippen molar-refractivity contribution in [3.63, 3.8) is 0 Å². The maximum atomic E-state index is 12.5. The van der Waals surface area contributed by atoms with E-state index in [1.54, 1.807) is 0 Å². The molecule has 1 saturated heterocycles. The summed E-state index contributed by atoms with van der Waals surface area (Å²) in [6.45, 7) is 2.38. The number of carbonyl (C=O) groups is 1. The zero-order valence-electron chi connectivity index (χ0n) is 12.1. The van der Waals surface area contributed by atoms with E-state index in [2.05, 4.69) is 0 Å². The maximum absolute atomic E-state index is 12.5. The molecule has 2 aliphatic rings. The van der Waals surface area contributed by atoms with Crippen molar-refractivity contribution in [3.05, 3.63) is 0 Å². The first-order chi connectivity index (χ1) is 9.22. The normalized spacial score (nSPS) is 29.2. The molecule has 1 saturated carbocycles. The van der Waals surface area contributed by atoms with Crippen molar-refractivity contribution in [2.24, 2.45) is 17.6 Å². The first kappa shape index (κ1) is 14.8. The summed E-state index contributed by atoms with van der Waals surface area (Å²) in [5.74, 6) is 1.36. The van der Waals surface area contributed by atoms with Crippen LogP contribution >= 0.6 is 0 Å². The molecular formula is C15H28N2O2. The van der Waals surface area contributed by atoms with Crippen molar-refractivity contribution in [1.82, 2.24) is 4.90 Å². The summed E-state index contributed by atoms with van der Waals surface area (Å²) in [6, 6.07) is 0.392. The van der Waals surface area contributed by atoms with Gasteiger partial charge in [-0.3, -0.25) is 4.79 Å². The lowest BCUT2D eigenvalue weighted by Crippen LogP contribution is -2.44. The van der Waals surface area contributed by atoms with E-state index >= 15 is 0 Å². The predicted octanol–water partition coefficient (Wildman–Crippen LogP) is 1.78. The minimum Gasteiger partial charge on any atom is -0.381 e. The van der Waals surface area contributed by atoms with Gasteiger partial charge >= 0.3 is 0 Å². The molecule has 19 heavy (non-hydrogen) atoms. The van der Waals surface area contributed by atoms with Crippen LogP contribution in [0.15, 0.2) is 0 Å². The monoisotopic (exact) mass is 268 g/mol.